The molecule has 0 bridgehead atoms. The number of carbonyl (C=O) groups excluding carboxylic acids is 2. The SMILES string of the molecule is [C-]#[N+]c1ccc(C2(O)CCN(C(=O)CC(C)(C)NC(=O)c3ccccc3)CC2(C)C)cc1. The van der Waals surface area contributed by atoms with Gasteiger partial charge >= 0.3 is 0 Å². The van der Waals surface area contributed by atoms with Gasteiger partial charge in [-0.1, -0.05) is 56.3 Å². The van der Waals surface area contributed by atoms with Crippen molar-refractivity contribution in [1.82, 2.24) is 10.2 Å². The molecule has 3 rings (SSSR count). The molecule has 32 heavy (non-hydrogen) atoms. The van der Waals surface area contributed by atoms with Crippen LogP contribution in [0.25, 0.3) is 4.85 Å². The molecule has 2 N–H and O–H groups in total. The molecule has 1 unspecified atom stereocenters. The minimum absolute atomic E-state index is 0.0539. The normalized spacial score (nSPS) is 20.3. The fourth-order valence-corrected chi connectivity index (χ4v) is 4.38. The molecular weight excluding hydrogens is 402 g/mol. The lowest BCUT2D eigenvalue weighted by molar-refractivity contribution is -0.154. The van der Waals surface area contributed by atoms with Gasteiger partial charge in [0, 0.05) is 36.0 Å². The highest BCUT2D eigenvalue weighted by molar-refractivity contribution is 5.95. The van der Waals surface area contributed by atoms with Crippen molar-refractivity contribution >= 4 is 17.5 Å². The number of benzene rings is 2. The minimum atomic E-state index is -1.10. The van der Waals surface area contributed by atoms with Crippen molar-refractivity contribution in [2.75, 3.05) is 13.1 Å². The zero-order chi connectivity index (χ0) is 23.6. The Hall–Kier alpha value is -3.17. The summed E-state index contributed by atoms with van der Waals surface area (Å²) in [6, 6.07) is 16.0. The Morgan fingerprint density at radius 2 is 1.75 bits per heavy atom. The Morgan fingerprint density at radius 3 is 2.31 bits per heavy atom. The van der Waals surface area contributed by atoms with E-state index in [-0.39, 0.29) is 18.2 Å². The number of nitrogens with one attached hydrogen (secondary N) is 1. The first-order valence-corrected chi connectivity index (χ1v) is 10.8. The molecule has 0 aliphatic carbocycles. The van der Waals surface area contributed by atoms with Crippen LogP contribution >= 0.6 is 0 Å². The van der Waals surface area contributed by atoms with Crippen molar-refractivity contribution in [2.24, 2.45) is 5.41 Å². The van der Waals surface area contributed by atoms with Gasteiger partial charge in [0.1, 0.15) is 0 Å². The van der Waals surface area contributed by atoms with Crippen molar-refractivity contribution in [3.63, 3.8) is 0 Å². The van der Waals surface area contributed by atoms with Crippen molar-refractivity contribution < 1.29 is 14.7 Å². The summed E-state index contributed by atoms with van der Waals surface area (Å²) in [7, 11) is 0. The van der Waals surface area contributed by atoms with Gasteiger partial charge in [-0.25, -0.2) is 4.85 Å². The van der Waals surface area contributed by atoms with Crippen molar-refractivity contribution in [3.8, 4) is 0 Å². The predicted octanol–water partition coefficient (Wildman–Crippen LogP) is 4.28. The summed E-state index contributed by atoms with van der Waals surface area (Å²) in [6.07, 6.45) is 0.569. The molecule has 2 aromatic carbocycles. The zero-order valence-electron chi connectivity index (χ0n) is 19.2. The van der Waals surface area contributed by atoms with Crippen LogP contribution in [0, 0.1) is 12.0 Å². The van der Waals surface area contributed by atoms with E-state index in [0.717, 1.165) is 5.56 Å². The van der Waals surface area contributed by atoms with Crippen molar-refractivity contribution in [3.05, 3.63) is 77.1 Å². The highest BCUT2D eigenvalue weighted by Crippen LogP contribution is 2.46. The van der Waals surface area contributed by atoms with Gasteiger partial charge in [-0.05, 0) is 38.0 Å². The molecule has 1 atom stereocenters. The van der Waals surface area contributed by atoms with Gasteiger partial charge in [-0.3, -0.25) is 9.59 Å². The number of amides is 2. The smallest absolute Gasteiger partial charge is 0.251 e. The molecule has 0 saturated carbocycles. The summed E-state index contributed by atoms with van der Waals surface area (Å²) >= 11 is 0. The van der Waals surface area contributed by atoms with E-state index < -0.39 is 16.6 Å². The molecule has 1 aliphatic rings. The zero-order valence-corrected chi connectivity index (χ0v) is 19.2. The second kappa shape index (κ2) is 8.76. The van der Waals surface area contributed by atoms with E-state index in [4.69, 9.17) is 6.57 Å². The number of aliphatic hydroxyl groups is 1. The number of likely N-dealkylation sites (tertiary alicyclic amines) is 1. The lowest BCUT2D eigenvalue weighted by Gasteiger charge is -2.51. The molecule has 1 aliphatic heterocycles. The lowest BCUT2D eigenvalue weighted by atomic mass is 9.66. The summed E-state index contributed by atoms with van der Waals surface area (Å²) in [5.41, 5.74) is -0.543. The third kappa shape index (κ3) is 4.84. The fraction of sp³-hybridized carbons (Fsp3) is 0.423. The molecule has 1 saturated heterocycles. The monoisotopic (exact) mass is 433 g/mol. The number of hydrogen-bond acceptors (Lipinski definition) is 3. The molecule has 2 amide bonds. The van der Waals surface area contributed by atoms with Gasteiger partial charge in [-0.15, -0.1) is 0 Å². The second-order valence-corrected chi connectivity index (χ2v) is 9.85. The average Bonchev–Trinajstić information content (AvgIpc) is 2.75. The van der Waals surface area contributed by atoms with Crippen LogP contribution in [-0.4, -0.2) is 40.4 Å². The first-order valence-electron chi connectivity index (χ1n) is 10.8. The topological polar surface area (TPSA) is 74.0 Å². The number of carbonyl (C=O) groups is 2. The highest BCUT2D eigenvalue weighted by atomic mass is 16.3. The fourth-order valence-electron chi connectivity index (χ4n) is 4.38. The van der Waals surface area contributed by atoms with Crippen LogP contribution < -0.4 is 5.32 Å². The number of nitrogens with zero attached hydrogens (tertiary/aromatic N) is 2. The van der Waals surface area contributed by atoms with Crippen LogP contribution in [0.15, 0.2) is 54.6 Å². The summed E-state index contributed by atoms with van der Waals surface area (Å²) in [5, 5.41) is 14.5. The van der Waals surface area contributed by atoms with Gasteiger partial charge in [0.05, 0.1) is 12.2 Å². The maximum atomic E-state index is 13.1. The Labute approximate surface area is 190 Å². The molecular formula is C26H31N3O3. The van der Waals surface area contributed by atoms with Gasteiger partial charge in [0.25, 0.3) is 5.91 Å². The average molecular weight is 434 g/mol. The first kappa shape index (κ1) is 23.5. The Morgan fingerprint density at radius 1 is 1.12 bits per heavy atom. The van der Waals surface area contributed by atoms with Crippen LogP contribution in [0.2, 0.25) is 0 Å². The molecule has 6 heteroatoms. The maximum Gasteiger partial charge on any atom is 0.251 e. The third-order valence-electron chi connectivity index (χ3n) is 6.36. The van der Waals surface area contributed by atoms with Crippen molar-refractivity contribution in [1.29, 1.82) is 0 Å². The molecule has 1 fully saturated rings. The summed E-state index contributed by atoms with van der Waals surface area (Å²) in [4.78, 5) is 30.8. The van der Waals surface area contributed by atoms with Crippen LogP contribution in [-0.2, 0) is 10.4 Å². The van der Waals surface area contributed by atoms with Gasteiger partial charge in [-0.2, -0.15) is 0 Å². The molecule has 168 valence electrons. The summed E-state index contributed by atoms with van der Waals surface area (Å²) in [5.74, 6) is -0.263. The van der Waals surface area contributed by atoms with E-state index in [0.29, 0.717) is 30.8 Å². The number of rotatable bonds is 5. The van der Waals surface area contributed by atoms with E-state index in [9.17, 15) is 14.7 Å². The molecule has 0 radical (unpaired) electrons. The van der Waals surface area contributed by atoms with E-state index in [1.165, 1.54) is 0 Å². The standard InChI is InChI=1S/C26H31N3O3/c1-24(2)18-29(16-15-26(24,32)20-11-13-21(27-5)14-12-20)22(30)17-25(3,4)28-23(31)19-9-7-6-8-10-19/h6-14,32H,15-18H2,1-4H3,(H,28,31). The molecule has 6 nitrogen and oxygen atoms in total. The molecule has 2 aromatic rings. The second-order valence-electron chi connectivity index (χ2n) is 9.85. The van der Waals surface area contributed by atoms with E-state index in [1.54, 1.807) is 53.4 Å². The number of piperidine rings is 1. The summed E-state index contributed by atoms with van der Waals surface area (Å²) < 4.78 is 0. The lowest BCUT2D eigenvalue weighted by Crippen LogP contribution is -2.58. The van der Waals surface area contributed by atoms with Crippen LogP contribution in [0.1, 0.15) is 56.5 Å². The highest BCUT2D eigenvalue weighted by Gasteiger charge is 2.49. The van der Waals surface area contributed by atoms with E-state index in [2.05, 4.69) is 10.2 Å². The number of hydrogen-bond donors (Lipinski definition) is 2. The third-order valence-corrected chi connectivity index (χ3v) is 6.36. The molecule has 1 heterocycles. The summed E-state index contributed by atoms with van der Waals surface area (Å²) in [6.45, 7) is 15.5. The Balaban J connectivity index is 1.67. The van der Waals surface area contributed by atoms with Crippen LogP contribution in [0.5, 0.6) is 0 Å². The van der Waals surface area contributed by atoms with Crippen LogP contribution in [0.4, 0.5) is 5.69 Å². The maximum absolute atomic E-state index is 13.1. The minimum Gasteiger partial charge on any atom is -0.384 e. The largest absolute Gasteiger partial charge is 0.384 e. The van der Waals surface area contributed by atoms with E-state index in [1.807, 2.05) is 33.8 Å². The Kier molecular flexibility index (Phi) is 6.43. The molecule has 0 spiro atoms. The van der Waals surface area contributed by atoms with E-state index >= 15 is 0 Å². The first-order chi connectivity index (χ1) is 15.0. The van der Waals surface area contributed by atoms with Crippen molar-refractivity contribution in [2.45, 2.75) is 51.7 Å². The quantitative estimate of drug-likeness (QED) is 0.691. The predicted molar refractivity (Wildman–Crippen MR) is 124 cm³/mol. The van der Waals surface area contributed by atoms with Gasteiger partial charge < -0.3 is 15.3 Å². The molecule has 0 aromatic heterocycles. The van der Waals surface area contributed by atoms with Gasteiger partial charge in [0.2, 0.25) is 5.91 Å². The Bertz CT molecular complexity index is 1020. The van der Waals surface area contributed by atoms with Gasteiger partial charge in [0.15, 0.2) is 5.69 Å². The van der Waals surface area contributed by atoms with Crippen LogP contribution in [0.3, 0.4) is 0 Å².